The summed E-state index contributed by atoms with van der Waals surface area (Å²) in [5.74, 6) is 0.446. The maximum atomic E-state index is 6.02. The Morgan fingerprint density at radius 3 is 2.95 bits per heavy atom. The Kier molecular flexibility index (Phi) is 5.17. The Hall–Kier alpha value is -0.930. The number of aromatic nitrogens is 1. The van der Waals surface area contributed by atoms with Crippen molar-refractivity contribution in [2.75, 3.05) is 13.2 Å². The van der Waals surface area contributed by atoms with Gasteiger partial charge in [-0.15, -0.1) is 0 Å². The number of nitrogens with zero attached hydrogens (tertiary/aromatic N) is 1. The lowest BCUT2D eigenvalue weighted by Gasteiger charge is -2.41. The van der Waals surface area contributed by atoms with Crippen molar-refractivity contribution < 1.29 is 4.74 Å². The molecule has 0 radical (unpaired) electrons. The number of rotatable bonds is 6. The van der Waals surface area contributed by atoms with Crippen LogP contribution in [0, 0.1) is 0 Å². The van der Waals surface area contributed by atoms with Crippen LogP contribution >= 0.6 is 0 Å². The van der Waals surface area contributed by atoms with Gasteiger partial charge in [0.25, 0.3) is 0 Å². The van der Waals surface area contributed by atoms with Gasteiger partial charge in [0.15, 0.2) is 0 Å². The van der Waals surface area contributed by atoms with E-state index >= 15 is 0 Å². The summed E-state index contributed by atoms with van der Waals surface area (Å²) >= 11 is 0. The zero-order chi connectivity index (χ0) is 14.6. The van der Waals surface area contributed by atoms with Gasteiger partial charge in [-0.3, -0.25) is 4.98 Å². The maximum Gasteiger partial charge on any atom is 0.0785 e. The Labute approximate surface area is 123 Å². The third kappa shape index (κ3) is 3.21. The first-order valence-corrected chi connectivity index (χ1v) is 7.91. The highest BCUT2D eigenvalue weighted by Crippen LogP contribution is 2.37. The van der Waals surface area contributed by atoms with E-state index in [0.717, 1.165) is 19.6 Å². The topological polar surface area (TPSA) is 34.2 Å². The predicted molar refractivity (Wildman–Crippen MR) is 83.1 cm³/mol. The van der Waals surface area contributed by atoms with Crippen molar-refractivity contribution >= 4 is 0 Å². The van der Waals surface area contributed by atoms with Crippen molar-refractivity contribution in [1.29, 1.82) is 0 Å². The molecule has 0 bridgehead atoms. The lowest BCUT2D eigenvalue weighted by Crippen LogP contribution is -2.52. The van der Waals surface area contributed by atoms with Crippen molar-refractivity contribution in [3.8, 4) is 0 Å². The third-order valence-electron chi connectivity index (χ3n) is 4.33. The summed E-state index contributed by atoms with van der Waals surface area (Å²) in [5, 5.41) is 3.65. The molecule has 0 saturated heterocycles. The molecular formula is C17H28N2O. The zero-order valence-electron chi connectivity index (χ0n) is 13.3. The first-order valence-electron chi connectivity index (χ1n) is 7.91. The van der Waals surface area contributed by atoms with Crippen molar-refractivity contribution in [3.63, 3.8) is 0 Å². The SMILES string of the molecule is CCNC(C1CCCc2cccnc21)C(C)(C)OCC. The molecule has 1 heterocycles. The fraction of sp³-hybridized carbons (Fsp3) is 0.706. The van der Waals surface area contributed by atoms with E-state index in [-0.39, 0.29) is 5.60 Å². The average molecular weight is 276 g/mol. The van der Waals surface area contributed by atoms with Crippen molar-refractivity contribution in [3.05, 3.63) is 29.6 Å². The van der Waals surface area contributed by atoms with Gasteiger partial charge < -0.3 is 10.1 Å². The number of aryl methyl sites for hydroxylation is 1. The van der Waals surface area contributed by atoms with Gasteiger partial charge in [-0.2, -0.15) is 0 Å². The van der Waals surface area contributed by atoms with Crippen molar-refractivity contribution in [2.45, 2.75) is 64.5 Å². The molecule has 0 aliphatic heterocycles. The quantitative estimate of drug-likeness (QED) is 0.865. The second-order valence-corrected chi connectivity index (χ2v) is 6.12. The minimum absolute atomic E-state index is 0.179. The average Bonchev–Trinajstić information content (AvgIpc) is 2.44. The van der Waals surface area contributed by atoms with Gasteiger partial charge in [-0.25, -0.2) is 0 Å². The molecule has 1 aromatic rings. The molecule has 2 atom stereocenters. The second-order valence-electron chi connectivity index (χ2n) is 6.12. The molecule has 3 nitrogen and oxygen atoms in total. The molecule has 20 heavy (non-hydrogen) atoms. The van der Waals surface area contributed by atoms with Crippen LogP contribution in [0.1, 0.15) is 57.7 Å². The molecule has 2 unspecified atom stereocenters. The van der Waals surface area contributed by atoms with Gasteiger partial charge in [-0.05, 0) is 58.2 Å². The molecule has 0 amide bonds. The molecule has 1 N–H and O–H groups in total. The minimum atomic E-state index is -0.179. The Bertz CT molecular complexity index is 431. The number of hydrogen-bond donors (Lipinski definition) is 1. The van der Waals surface area contributed by atoms with E-state index in [1.54, 1.807) is 0 Å². The van der Waals surface area contributed by atoms with Crippen LogP contribution in [-0.2, 0) is 11.2 Å². The highest BCUT2D eigenvalue weighted by molar-refractivity contribution is 5.28. The number of nitrogens with one attached hydrogen (secondary N) is 1. The van der Waals surface area contributed by atoms with Crippen LogP contribution in [0.3, 0.4) is 0 Å². The molecule has 1 aliphatic rings. The van der Waals surface area contributed by atoms with E-state index < -0.39 is 0 Å². The Morgan fingerprint density at radius 2 is 2.25 bits per heavy atom. The maximum absolute atomic E-state index is 6.02. The summed E-state index contributed by atoms with van der Waals surface area (Å²) in [7, 11) is 0. The van der Waals surface area contributed by atoms with E-state index in [0.29, 0.717) is 12.0 Å². The lowest BCUT2D eigenvalue weighted by atomic mass is 9.76. The van der Waals surface area contributed by atoms with Gasteiger partial charge in [0.05, 0.1) is 5.60 Å². The minimum Gasteiger partial charge on any atom is -0.374 e. The normalized spacial score (nSPS) is 20.5. The molecule has 0 spiro atoms. The van der Waals surface area contributed by atoms with Crippen molar-refractivity contribution in [1.82, 2.24) is 10.3 Å². The molecular weight excluding hydrogens is 248 g/mol. The van der Waals surface area contributed by atoms with E-state index in [1.807, 2.05) is 6.20 Å². The number of hydrogen-bond acceptors (Lipinski definition) is 3. The standard InChI is InChI=1S/C17H28N2O/c1-5-18-16(17(3,4)20-6-2)14-11-7-9-13-10-8-12-19-15(13)14/h8,10,12,14,16,18H,5-7,9,11H2,1-4H3. The van der Waals surface area contributed by atoms with Gasteiger partial charge in [-0.1, -0.05) is 13.0 Å². The fourth-order valence-electron chi connectivity index (χ4n) is 3.52. The van der Waals surface area contributed by atoms with Crippen LogP contribution in [-0.4, -0.2) is 29.8 Å². The van der Waals surface area contributed by atoms with E-state index in [4.69, 9.17) is 4.74 Å². The molecule has 3 heteroatoms. The summed E-state index contributed by atoms with van der Waals surface area (Å²) in [6.45, 7) is 10.3. The molecule has 0 aromatic carbocycles. The number of likely N-dealkylation sites (N-methyl/N-ethyl adjacent to an activating group) is 1. The van der Waals surface area contributed by atoms with E-state index in [1.165, 1.54) is 24.1 Å². The van der Waals surface area contributed by atoms with E-state index in [9.17, 15) is 0 Å². The van der Waals surface area contributed by atoms with Crippen LogP contribution in [0.2, 0.25) is 0 Å². The molecule has 1 aliphatic carbocycles. The molecule has 2 rings (SSSR count). The summed E-state index contributed by atoms with van der Waals surface area (Å²) in [5.41, 5.74) is 2.51. The van der Waals surface area contributed by atoms with Gasteiger partial charge in [0, 0.05) is 30.5 Å². The summed E-state index contributed by atoms with van der Waals surface area (Å²) in [4.78, 5) is 4.68. The smallest absolute Gasteiger partial charge is 0.0785 e. The van der Waals surface area contributed by atoms with Crippen LogP contribution in [0.4, 0.5) is 0 Å². The van der Waals surface area contributed by atoms with Crippen LogP contribution in [0.15, 0.2) is 18.3 Å². The summed E-state index contributed by atoms with van der Waals surface area (Å²) in [6, 6.07) is 4.59. The largest absolute Gasteiger partial charge is 0.374 e. The van der Waals surface area contributed by atoms with Crippen LogP contribution in [0.25, 0.3) is 0 Å². The monoisotopic (exact) mass is 276 g/mol. The first kappa shape index (κ1) is 15.5. The van der Waals surface area contributed by atoms with E-state index in [2.05, 4.69) is 50.1 Å². The van der Waals surface area contributed by atoms with Gasteiger partial charge >= 0.3 is 0 Å². The molecule has 112 valence electrons. The highest BCUT2D eigenvalue weighted by Gasteiger charge is 2.38. The summed E-state index contributed by atoms with van der Waals surface area (Å²) in [6.07, 6.45) is 5.52. The fourth-order valence-corrected chi connectivity index (χ4v) is 3.52. The van der Waals surface area contributed by atoms with Crippen LogP contribution < -0.4 is 5.32 Å². The number of pyridine rings is 1. The first-order chi connectivity index (χ1) is 9.60. The number of ether oxygens (including phenoxy) is 1. The summed E-state index contributed by atoms with van der Waals surface area (Å²) < 4.78 is 6.02. The number of fused-ring (bicyclic) bond motifs is 1. The Balaban J connectivity index is 2.31. The highest BCUT2D eigenvalue weighted by atomic mass is 16.5. The Morgan fingerprint density at radius 1 is 1.45 bits per heavy atom. The van der Waals surface area contributed by atoms with Crippen LogP contribution in [0.5, 0.6) is 0 Å². The van der Waals surface area contributed by atoms with Gasteiger partial charge in [0.1, 0.15) is 0 Å². The molecule has 1 aromatic heterocycles. The molecule has 0 saturated carbocycles. The third-order valence-corrected chi connectivity index (χ3v) is 4.33. The lowest BCUT2D eigenvalue weighted by molar-refractivity contribution is -0.0461. The molecule has 0 fully saturated rings. The van der Waals surface area contributed by atoms with Crippen molar-refractivity contribution in [2.24, 2.45) is 0 Å². The second kappa shape index (κ2) is 6.68. The van der Waals surface area contributed by atoms with Gasteiger partial charge in [0.2, 0.25) is 0 Å². The zero-order valence-corrected chi connectivity index (χ0v) is 13.3. The predicted octanol–water partition coefficient (Wildman–Crippen LogP) is 3.29.